The van der Waals surface area contributed by atoms with Gasteiger partial charge in [0.2, 0.25) is 0 Å². The van der Waals surface area contributed by atoms with Crippen LogP contribution in [0.25, 0.3) is 32.3 Å². The van der Waals surface area contributed by atoms with Gasteiger partial charge in [0.1, 0.15) is 0 Å². The minimum Gasteiger partial charge on any atom is -0.310 e. The van der Waals surface area contributed by atoms with Gasteiger partial charge in [0.25, 0.3) is 0 Å². The average molecular weight is 852 g/mol. The summed E-state index contributed by atoms with van der Waals surface area (Å²) in [5.41, 5.74) is 19.2. The Morgan fingerprint density at radius 3 is 1.35 bits per heavy atom. The molecule has 1 atom stereocenters. The Balaban J connectivity index is 1.11. The van der Waals surface area contributed by atoms with Crippen molar-refractivity contribution in [3.8, 4) is 22.3 Å². The second kappa shape index (κ2) is 16.1. The monoisotopic (exact) mass is 851 g/mol. The van der Waals surface area contributed by atoms with E-state index < -0.39 is 10.8 Å². The minimum atomic E-state index is -0.524. The van der Waals surface area contributed by atoms with E-state index in [9.17, 15) is 0 Å². The first-order chi connectivity index (χ1) is 32.2. The highest BCUT2D eigenvalue weighted by atomic mass is 32.1. The van der Waals surface area contributed by atoms with Gasteiger partial charge in [0.05, 0.1) is 10.8 Å². The third-order valence-corrected chi connectivity index (χ3v) is 15.2. The van der Waals surface area contributed by atoms with Gasteiger partial charge in [0.15, 0.2) is 0 Å². The molecule has 2 heteroatoms. The highest BCUT2D eigenvalue weighted by Gasteiger charge is 2.48. The third kappa shape index (κ3) is 6.12. The van der Waals surface area contributed by atoms with E-state index in [4.69, 9.17) is 0 Å². The fourth-order valence-corrected chi connectivity index (χ4v) is 12.3. The quantitative estimate of drug-likeness (QED) is 0.117. The molecule has 12 rings (SSSR count). The van der Waals surface area contributed by atoms with Crippen molar-refractivity contribution in [1.82, 2.24) is 0 Å². The summed E-state index contributed by atoms with van der Waals surface area (Å²) in [4.78, 5) is 2.51. The Hall–Kier alpha value is -7.26. The lowest BCUT2D eigenvalue weighted by Crippen LogP contribution is -2.29. The fraction of sp³-hybridized carbons (Fsp3) is 0.111. The van der Waals surface area contributed by atoms with Crippen LogP contribution >= 0.6 is 11.3 Å². The molecule has 1 heterocycles. The molecule has 0 fully saturated rings. The van der Waals surface area contributed by atoms with E-state index in [0.29, 0.717) is 0 Å². The standard InChI is InChI=1S/C63H49NS/c1-2-3-7-18-44-29-31-49(32-30-44)63(48-23-12-6-13-24-48)58-28-17-15-26-54(58)56-37-34-52(43-60(56)63)64(50-35-38-61-45(41-50)39-40-65-61)51-33-36-55-53-25-14-16-27-57(53)62(59(55)42-51,46-19-8-4-9-20-46)47-21-10-5-11-22-47/h4-6,8-17,19-43H,2-3,7,18H2,1H3. The van der Waals surface area contributed by atoms with Crippen molar-refractivity contribution in [2.75, 3.05) is 4.90 Å². The highest BCUT2D eigenvalue weighted by molar-refractivity contribution is 7.17. The number of benzene rings is 9. The molecule has 0 N–H and O–H groups in total. The van der Waals surface area contributed by atoms with Gasteiger partial charge in [-0.05, 0) is 144 Å². The molecule has 10 aromatic rings. The zero-order valence-corrected chi connectivity index (χ0v) is 37.4. The maximum Gasteiger partial charge on any atom is 0.0714 e. The molecule has 1 nitrogen and oxygen atoms in total. The molecule has 0 aliphatic heterocycles. The molecule has 0 amide bonds. The highest BCUT2D eigenvalue weighted by Crippen LogP contribution is 2.59. The van der Waals surface area contributed by atoms with Gasteiger partial charge in [-0.3, -0.25) is 0 Å². The number of fused-ring (bicyclic) bond motifs is 7. The molecule has 1 unspecified atom stereocenters. The summed E-state index contributed by atoms with van der Waals surface area (Å²) in [6.07, 6.45) is 4.80. The normalized spacial score (nSPS) is 15.3. The van der Waals surface area contributed by atoms with Crippen LogP contribution in [0.3, 0.4) is 0 Å². The van der Waals surface area contributed by atoms with Crippen molar-refractivity contribution >= 4 is 38.5 Å². The van der Waals surface area contributed by atoms with E-state index >= 15 is 0 Å². The Labute approximate surface area is 387 Å². The SMILES string of the molecule is CCCCCc1ccc(C2(c3ccccc3)c3ccccc3-c3ccc(N(c4ccc5c(c4)C(c4ccccc4)(c4ccccc4)c4ccccc4-5)c4ccc5sccc5c4)cc32)cc1. The first kappa shape index (κ1) is 39.3. The van der Waals surface area contributed by atoms with Gasteiger partial charge in [-0.2, -0.15) is 0 Å². The van der Waals surface area contributed by atoms with E-state index in [1.54, 1.807) is 11.3 Å². The summed E-state index contributed by atoms with van der Waals surface area (Å²) in [7, 11) is 0. The van der Waals surface area contributed by atoms with Crippen molar-refractivity contribution in [3.63, 3.8) is 0 Å². The molecule has 2 aliphatic carbocycles. The summed E-state index contributed by atoms with van der Waals surface area (Å²) >= 11 is 1.80. The zero-order valence-electron chi connectivity index (χ0n) is 36.6. The molecule has 0 spiro atoms. The first-order valence-electron chi connectivity index (χ1n) is 23.2. The number of unbranched alkanes of at least 4 members (excludes halogenated alkanes) is 2. The van der Waals surface area contributed by atoms with Crippen LogP contribution in [0.1, 0.15) is 76.3 Å². The topological polar surface area (TPSA) is 3.24 Å². The molecule has 2 aliphatic rings. The maximum atomic E-state index is 2.51. The van der Waals surface area contributed by atoms with E-state index in [2.05, 4.69) is 242 Å². The van der Waals surface area contributed by atoms with Gasteiger partial charge in [-0.15, -0.1) is 11.3 Å². The molecule has 312 valence electrons. The van der Waals surface area contributed by atoms with E-state index in [1.807, 2.05) is 0 Å². The van der Waals surface area contributed by atoms with Gasteiger partial charge in [0, 0.05) is 21.8 Å². The van der Waals surface area contributed by atoms with Crippen LogP contribution in [0, 0.1) is 0 Å². The van der Waals surface area contributed by atoms with Crippen molar-refractivity contribution in [1.29, 1.82) is 0 Å². The Morgan fingerprint density at radius 1 is 0.385 bits per heavy atom. The number of aryl methyl sites for hydroxylation is 1. The number of nitrogens with zero attached hydrogens (tertiary/aromatic N) is 1. The molecule has 0 saturated carbocycles. The van der Waals surface area contributed by atoms with E-state index in [1.165, 1.54) is 102 Å². The minimum absolute atomic E-state index is 0.516. The Bertz CT molecular complexity index is 3290. The van der Waals surface area contributed by atoms with Crippen LogP contribution < -0.4 is 4.90 Å². The summed E-state index contributed by atoms with van der Waals surface area (Å²) in [5.74, 6) is 0. The molecule has 65 heavy (non-hydrogen) atoms. The van der Waals surface area contributed by atoms with Gasteiger partial charge in [-0.25, -0.2) is 0 Å². The van der Waals surface area contributed by atoms with Crippen LogP contribution in [-0.2, 0) is 17.3 Å². The van der Waals surface area contributed by atoms with Crippen molar-refractivity contribution in [2.45, 2.75) is 43.4 Å². The molecular weight excluding hydrogens is 803 g/mol. The van der Waals surface area contributed by atoms with Crippen LogP contribution in [0.4, 0.5) is 17.1 Å². The summed E-state index contributed by atoms with van der Waals surface area (Å²) in [6, 6.07) is 85.0. The lowest BCUT2D eigenvalue weighted by Gasteiger charge is -2.36. The predicted molar refractivity (Wildman–Crippen MR) is 274 cm³/mol. The summed E-state index contributed by atoms with van der Waals surface area (Å²) < 4.78 is 1.29. The number of rotatable bonds is 11. The smallest absolute Gasteiger partial charge is 0.0714 e. The first-order valence-corrected chi connectivity index (χ1v) is 24.1. The number of hydrogen-bond donors (Lipinski definition) is 0. The largest absolute Gasteiger partial charge is 0.310 e. The third-order valence-electron chi connectivity index (χ3n) is 14.3. The zero-order chi connectivity index (χ0) is 43.4. The molecular formula is C63H49NS. The average Bonchev–Trinajstić information content (AvgIpc) is 4.05. The molecule has 1 aromatic heterocycles. The summed E-state index contributed by atoms with van der Waals surface area (Å²) in [5, 5.41) is 3.45. The van der Waals surface area contributed by atoms with E-state index in [-0.39, 0.29) is 0 Å². The molecule has 9 aromatic carbocycles. The second-order valence-corrected chi connectivity index (χ2v) is 18.7. The maximum absolute atomic E-state index is 2.51. The summed E-state index contributed by atoms with van der Waals surface area (Å²) in [6.45, 7) is 2.28. The molecule has 0 bridgehead atoms. The number of anilines is 3. The van der Waals surface area contributed by atoms with Gasteiger partial charge >= 0.3 is 0 Å². The van der Waals surface area contributed by atoms with Crippen LogP contribution in [0.15, 0.2) is 230 Å². The molecule has 0 saturated heterocycles. The van der Waals surface area contributed by atoms with Gasteiger partial charge in [-0.1, -0.05) is 196 Å². The van der Waals surface area contributed by atoms with Crippen LogP contribution in [-0.4, -0.2) is 0 Å². The Morgan fingerprint density at radius 2 is 0.831 bits per heavy atom. The van der Waals surface area contributed by atoms with Crippen molar-refractivity contribution in [3.05, 3.63) is 280 Å². The lowest BCUT2D eigenvalue weighted by molar-refractivity contribution is 0.716. The number of hydrogen-bond acceptors (Lipinski definition) is 2. The fourth-order valence-electron chi connectivity index (χ4n) is 11.5. The Kier molecular flexibility index (Phi) is 9.73. The van der Waals surface area contributed by atoms with Crippen molar-refractivity contribution < 1.29 is 0 Å². The van der Waals surface area contributed by atoms with E-state index in [0.717, 1.165) is 23.5 Å². The second-order valence-electron chi connectivity index (χ2n) is 17.8. The molecule has 0 radical (unpaired) electrons. The van der Waals surface area contributed by atoms with Crippen molar-refractivity contribution in [2.24, 2.45) is 0 Å². The predicted octanol–water partition coefficient (Wildman–Crippen LogP) is 16.8. The number of thiophene rings is 1. The van der Waals surface area contributed by atoms with Gasteiger partial charge < -0.3 is 4.90 Å². The van der Waals surface area contributed by atoms with Crippen LogP contribution in [0.2, 0.25) is 0 Å². The lowest BCUT2D eigenvalue weighted by atomic mass is 9.67. The van der Waals surface area contributed by atoms with Crippen LogP contribution in [0.5, 0.6) is 0 Å².